The van der Waals surface area contributed by atoms with E-state index >= 15 is 0 Å². The van der Waals surface area contributed by atoms with Crippen molar-refractivity contribution in [3.05, 3.63) is 94.3 Å². The van der Waals surface area contributed by atoms with Crippen molar-refractivity contribution >= 4 is 5.91 Å². The summed E-state index contributed by atoms with van der Waals surface area (Å²) in [6.07, 6.45) is 1.56. The molecule has 1 amide bonds. The number of aromatic nitrogens is 2. The number of halogens is 1. The van der Waals surface area contributed by atoms with E-state index in [-0.39, 0.29) is 24.0 Å². The second-order valence-corrected chi connectivity index (χ2v) is 7.80. The number of aromatic hydroxyl groups is 1. The molecule has 1 aliphatic rings. The number of aromatic amines is 1. The second kappa shape index (κ2) is 7.12. The maximum Gasteiger partial charge on any atom is 0.273 e. The number of furan rings is 1. The molecule has 1 aliphatic heterocycles. The molecule has 2 aromatic heterocycles. The summed E-state index contributed by atoms with van der Waals surface area (Å²) >= 11 is 0. The molecule has 0 saturated carbocycles. The molecule has 0 fully saturated rings. The smallest absolute Gasteiger partial charge is 0.273 e. The molecule has 7 heteroatoms. The SMILES string of the molecule is Cc1cc(C)c(-c2n[nH]c3c2[C@H](c2ccc(F)cc2)N(Cc2ccco2)C3=O)c(O)c1. The Balaban J connectivity index is 1.70. The lowest BCUT2D eigenvalue weighted by Gasteiger charge is -2.25. The minimum absolute atomic E-state index is 0.0987. The molecule has 31 heavy (non-hydrogen) atoms. The molecule has 0 radical (unpaired) electrons. The van der Waals surface area contributed by atoms with Crippen molar-refractivity contribution in [3.8, 4) is 17.0 Å². The number of nitrogens with one attached hydrogen (secondary N) is 1. The van der Waals surface area contributed by atoms with Gasteiger partial charge in [0.1, 0.15) is 28.7 Å². The van der Waals surface area contributed by atoms with E-state index in [0.29, 0.717) is 28.3 Å². The van der Waals surface area contributed by atoms with E-state index in [0.717, 1.165) is 16.7 Å². The third kappa shape index (κ3) is 3.09. The zero-order valence-electron chi connectivity index (χ0n) is 17.0. The Morgan fingerprint density at radius 3 is 2.65 bits per heavy atom. The summed E-state index contributed by atoms with van der Waals surface area (Å²) in [5.74, 6) is 0.144. The second-order valence-electron chi connectivity index (χ2n) is 7.80. The molecular weight excluding hydrogens is 397 g/mol. The van der Waals surface area contributed by atoms with Crippen molar-refractivity contribution < 1.29 is 18.7 Å². The molecule has 0 unspecified atom stereocenters. The van der Waals surface area contributed by atoms with Crippen molar-refractivity contribution in [2.75, 3.05) is 0 Å². The number of fused-ring (bicyclic) bond motifs is 1. The highest BCUT2D eigenvalue weighted by Crippen LogP contribution is 2.46. The Labute approximate surface area is 177 Å². The van der Waals surface area contributed by atoms with Gasteiger partial charge in [0.15, 0.2) is 0 Å². The Bertz CT molecular complexity index is 1250. The van der Waals surface area contributed by atoms with Crippen LogP contribution < -0.4 is 0 Å². The Kier molecular flexibility index (Phi) is 4.39. The van der Waals surface area contributed by atoms with Crippen LogP contribution in [0.3, 0.4) is 0 Å². The molecule has 5 rings (SSSR count). The highest BCUT2D eigenvalue weighted by Gasteiger charge is 2.43. The van der Waals surface area contributed by atoms with E-state index in [4.69, 9.17) is 4.42 Å². The summed E-state index contributed by atoms with van der Waals surface area (Å²) in [7, 11) is 0. The summed E-state index contributed by atoms with van der Waals surface area (Å²) in [4.78, 5) is 15.0. The average Bonchev–Trinajstić information content (AvgIpc) is 3.43. The lowest BCUT2D eigenvalue weighted by molar-refractivity contribution is 0.0717. The van der Waals surface area contributed by atoms with Gasteiger partial charge in [0.2, 0.25) is 0 Å². The lowest BCUT2D eigenvalue weighted by atomic mass is 9.93. The van der Waals surface area contributed by atoms with Gasteiger partial charge in [-0.25, -0.2) is 4.39 Å². The van der Waals surface area contributed by atoms with Crippen LogP contribution in [0.2, 0.25) is 0 Å². The highest BCUT2D eigenvalue weighted by molar-refractivity contribution is 6.00. The van der Waals surface area contributed by atoms with Crippen molar-refractivity contribution in [3.63, 3.8) is 0 Å². The molecule has 2 aromatic carbocycles. The van der Waals surface area contributed by atoms with Crippen LogP contribution in [0.1, 0.15) is 44.5 Å². The van der Waals surface area contributed by atoms with Crippen molar-refractivity contribution in [1.29, 1.82) is 0 Å². The normalized spacial score (nSPS) is 15.5. The van der Waals surface area contributed by atoms with Crippen molar-refractivity contribution in [2.45, 2.75) is 26.4 Å². The first-order valence-electron chi connectivity index (χ1n) is 9.91. The number of nitrogens with zero attached hydrogens (tertiary/aromatic N) is 2. The van der Waals surface area contributed by atoms with E-state index in [9.17, 15) is 14.3 Å². The van der Waals surface area contributed by atoms with Crippen LogP contribution in [0.25, 0.3) is 11.3 Å². The predicted molar refractivity (Wildman–Crippen MR) is 112 cm³/mol. The van der Waals surface area contributed by atoms with Gasteiger partial charge in [-0.1, -0.05) is 18.2 Å². The van der Waals surface area contributed by atoms with Gasteiger partial charge in [0.25, 0.3) is 5.91 Å². The van der Waals surface area contributed by atoms with E-state index < -0.39 is 6.04 Å². The Morgan fingerprint density at radius 1 is 1.19 bits per heavy atom. The number of carbonyl (C=O) groups excluding carboxylic acids is 1. The first kappa shape index (κ1) is 19.1. The van der Waals surface area contributed by atoms with Gasteiger partial charge in [-0.3, -0.25) is 9.89 Å². The fourth-order valence-electron chi connectivity index (χ4n) is 4.37. The first-order chi connectivity index (χ1) is 14.9. The molecule has 6 nitrogen and oxygen atoms in total. The lowest BCUT2D eigenvalue weighted by Crippen LogP contribution is -2.29. The van der Waals surface area contributed by atoms with Gasteiger partial charge in [-0.05, 0) is 60.9 Å². The van der Waals surface area contributed by atoms with E-state index in [1.807, 2.05) is 19.9 Å². The number of aryl methyl sites for hydroxylation is 2. The molecule has 0 bridgehead atoms. The highest BCUT2D eigenvalue weighted by atomic mass is 19.1. The third-order valence-corrected chi connectivity index (χ3v) is 5.65. The molecule has 0 saturated heterocycles. The molecule has 4 aromatic rings. The first-order valence-corrected chi connectivity index (χ1v) is 9.91. The maximum absolute atomic E-state index is 13.6. The summed E-state index contributed by atoms with van der Waals surface area (Å²) in [5, 5.41) is 18.0. The van der Waals surface area contributed by atoms with Crippen molar-refractivity contribution in [2.24, 2.45) is 0 Å². The molecule has 2 N–H and O–H groups in total. The van der Waals surface area contributed by atoms with Crippen LogP contribution in [-0.2, 0) is 6.54 Å². The topological polar surface area (TPSA) is 82.4 Å². The standard InChI is InChI=1S/C24H20FN3O3/c1-13-10-14(2)19(18(29)11-13)21-20-22(27-26-21)24(30)28(12-17-4-3-9-31-17)23(20)15-5-7-16(25)8-6-15/h3-11,23,29H,12H2,1-2H3,(H,26,27)/t23-/m0/s1. The van der Waals surface area contributed by atoms with Crippen LogP contribution in [0.4, 0.5) is 4.39 Å². The van der Waals surface area contributed by atoms with Gasteiger partial charge in [-0.2, -0.15) is 5.10 Å². The van der Waals surface area contributed by atoms with E-state index in [1.165, 1.54) is 12.1 Å². The quantitative estimate of drug-likeness (QED) is 0.496. The van der Waals surface area contributed by atoms with Gasteiger partial charge >= 0.3 is 0 Å². The minimum Gasteiger partial charge on any atom is -0.507 e. The zero-order valence-corrected chi connectivity index (χ0v) is 17.0. The number of hydrogen-bond donors (Lipinski definition) is 2. The number of amides is 1. The van der Waals surface area contributed by atoms with Gasteiger partial charge in [0, 0.05) is 11.1 Å². The third-order valence-electron chi connectivity index (χ3n) is 5.65. The minimum atomic E-state index is -0.512. The molecule has 1 atom stereocenters. The molecule has 0 spiro atoms. The number of benzene rings is 2. The van der Waals surface area contributed by atoms with Crippen LogP contribution in [-0.4, -0.2) is 26.1 Å². The summed E-state index contributed by atoms with van der Waals surface area (Å²) < 4.78 is 19.1. The number of carbonyl (C=O) groups is 1. The largest absolute Gasteiger partial charge is 0.507 e. The number of phenols is 1. The van der Waals surface area contributed by atoms with Crippen LogP contribution >= 0.6 is 0 Å². The predicted octanol–water partition coefficient (Wildman–Crippen LogP) is 4.88. The summed E-state index contributed by atoms with van der Waals surface area (Å²) in [6.45, 7) is 4.05. The molecular formula is C24H20FN3O3. The van der Waals surface area contributed by atoms with Gasteiger partial charge < -0.3 is 14.4 Å². The Hall–Kier alpha value is -3.87. The monoisotopic (exact) mass is 417 g/mol. The average molecular weight is 417 g/mol. The number of rotatable bonds is 4. The van der Waals surface area contributed by atoms with Crippen LogP contribution in [0.15, 0.2) is 59.2 Å². The Morgan fingerprint density at radius 2 is 1.97 bits per heavy atom. The molecule has 3 heterocycles. The van der Waals surface area contributed by atoms with E-state index in [2.05, 4.69) is 10.2 Å². The molecule has 0 aliphatic carbocycles. The van der Waals surface area contributed by atoms with Crippen LogP contribution in [0, 0.1) is 19.7 Å². The summed E-state index contributed by atoms with van der Waals surface area (Å²) in [5.41, 5.74) is 4.61. The number of hydrogen-bond acceptors (Lipinski definition) is 4. The number of phenolic OH excluding ortho intramolecular Hbond substituents is 1. The van der Waals surface area contributed by atoms with Gasteiger partial charge in [-0.15, -0.1) is 0 Å². The fraction of sp³-hybridized carbons (Fsp3) is 0.167. The maximum atomic E-state index is 13.6. The van der Waals surface area contributed by atoms with Gasteiger partial charge in [0.05, 0.1) is 18.8 Å². The summed E-state index contributed by atoms with van der Waals surface area (Å²) in [6, 6.07) is 12.8. The van der Waals surface area contributed by atoms with E-state index in [1.54, 1.807) is 41.5 Å². The van der Waals surface area contributed by atoms with Crippen molar-refractivity contribution in [1.82, 2.24) is 15.1 Å². The fourth-order valence-corrected chi connectivity index (χ4v) is 4.37. The molecule has 156 valence electrons. The van der Waals surface area contributed by atoms with Crippen LogP contribution in [0.5, 0.6) is 5.75 Å². The number of H-pyrrole nitrogens is 1. The zero-order chi connectivity index (χ0) is 21.7.